The van der Waals surface area contributed by atoms with Gasteiger partial charge >= 0.3 is 0 Å². The fourth-order valence-corrected chi connectivity index (χ4v) is 3.84. The summed E-state index contributed by atoms with van der Waals surface area (Å²) < 4.78 is 6.88. The SMILES string of the molecule is O=Cc1ccc(OCC(=O)N2CC=C(c3ccc(Br)cc3)CC2)c2ccccc12. The molecular formula is C24H20BrNO3. The predicted molar refractivity (Wildman–Crippen MR) is 118 cm³/mol. The molecular weight excluding hydrogens is 430 g/mol. The van der Waals surface area contributed by atoms with Crippen LogP contribution >= 0.6 is 15.9 Å². The third kappa shape index (κ3) is 4.25. The number of halogens is 1. The van der Waals surface area contributed by atoms with E-state index in [-0.39, 0.29) is 12.5 Å². The van der Waals surface area contributed by atoms with Crippen LogP contribution < -0.4 is 4.74 Å². The van der Waals surface area contributed by atoms with Crippen molar-refractivity contribution < 1.29 is 14.3 Å². The van der Waals surface area contributed by atoms with Crippen LogP contribution in [0.15, 0.2) is 71.2 Å². The number of amides is 1. The van der Waals surface area contributed by atoms with Gasteiger partial charge in [0.1, 0.15) is 5.75 Å². The molecule has 0 fully saturated rings. The number of hydrogen-bond acceptors (Lipinski definition) is 3. The fourth-order valence-electron chi connectivity index (χ4n) is 3.58. The number of rotatable bonds is 5. The summed E-state index contributed by atoms with van der Waals surface area (Å²) >= 11 is 3.45. The van der Waals surface area contributed by atoms with Crippen molar-refractivity contribution in [3.63, 3.8) is 0 Å². The molecule has 0 radical (unpaired) electrons. The van der Waals surface area contributed by atoms with E-state index < -0.39 is 0 Å². The summed E-state index contributed by atoms with van der Waals surface area (Å²) in [5.74, 6) is 0.572. The normalized spacial score (nSPS) is 13.8. The van der Waals surface area contributed by atoms with Gasteiger partial charge in [-0.2, -0.15) is 0 Å². The highest BCUT2D eigenvalue weighted by molar-refractivity contribution is 9.10. The number of carbonyl (C=O) groups is 2. The molecule has 3 aromatic carbocycles. The summed E-state index contributed by atoms with van der Waals surface area (Å²) in [6.07, 6.45) is 3.77. The third-order valence-corrected chi connectivity index (χ3v) is 5.70. The van der Waals surface area contributed by atoms with Crippen LogP contribution in [0, 0.1) is 0 Å². The Morgan fingerprint density at radius 3 is 2.48 bits per heavy atom. The first-order valence-corrected chi connectivity index (χ1v) is 10.3. The van der Waals surface area contributed by atoms with Crippen molar-refractivity contribution in [3.05, 3.63) is 82.3 Å². The Labute approximate surface area is 177 Å². The maximum Gasteiger partial charge on any atom is 0.260 e. The molecule has 1 amide bonds. The Kier molecular flexibility index (Phi) is 5.76. The smallest absolute Gasteiger partial charge is 0.260 e. The quantitative estimate of drug-likeness (QED) is 0.508. The Morgan fingerprint density at radius 1 is 1.03 bits per heavy atom. The van der Waals surface area contributed by atoms with Gasteiger partial charge in [-0.15, -0.1) is 0 Å². The van der Waals surface area contributed by atoms with E-state index in [0.717, 1.165) is 28.0 Å². The van der Waals surface area contributed by atoms with E-state index in [9.17, 15) is 9.59 Å². The zero-order valence-electron chi connectivity index (χ0n) is 15.8. The van der Waals surface area contributed by atoms with Crippen molar-refractivity contribution in [1.29, 1.82) is 0 Å². The van der Waals surface area contributed by atoms with E-state index in [0.29, 0.717) is 24.4 Å². The average molecular weight is 450 g/mol. The van der Waals surface area contributed by atoms with Gasteiger partial charge in [0.2, 0.25) is 0 Å². The van der Waals surface area contributed by atoms with Gasteiger partial charge in [-0.3, -0.25) is 9.59 Å². The van der Waals surface area contributed by atoms with Gasteiger partial charge in [0.25, 0.3) is 5.91 Å². The number of carbonyl (C=O) groups excluding carboxylic acids is 2. The number of fused-ring (bicyclic) bond motifs is 1. The highest BCUT2D eigenvalue weighted by Gasteiger charge is 2.19. The van der Waals surface area contributed by atoms with Crippen LogP contribution in [-0.4, -0.2) is 36.8 Å². The summed E-state index contributed by atoms with van der Waals surface area (Å²) in [5.41, 5.74) is 3.07. The van der Waals surface area contributed by atoms with Crippen molar-refractivity contribution in [2.45, 2.75) is 6.42 Å². The van der Waals surface area contributed by atoms with E-state index >= 15 is 0 Å². The highest BCUT2D eigenvalue weighted by atomic mass is 79.9. The topological polar surface area (TPSA) is 46.6 Å². The maximum atomic E-state index is 12.6. The van der Waals surface area contributed by atoms with Crippen molar-refractivity contribution in [2.24, 2.45) is 0 Å². The molecule has 1 aliphatic heterocycles. The second kappa shape index (κ2) is 8.62. The Hall–Kier alpha value is -2.92. The lowest BCUT2D eigenvalue weighted by Gasteiger charge is -2.27. The minimum absolute atomic E-state index is 0.0219. The van der Waals surface area contributed by atoms with Gasteiger partial charge in [-0.25, -0.2) is 0 Å². The predicted octanol–water partition coefficient (Wildman–Crippen LogP) is 5.11. The molecule has 0 N–H and O–H groups in total. The van der Waals surface area contributed by atoms with Crippen molar-refractivity contribution >= 4 is 44.5 Å². The van der Waals surface area contributed by atoms with Crippen LogP contribution in [0.4, 0.5) is 0 Å². The van der Waals surface area contributed by atoms with Crippen LogP contribution in [0.5, 0.6) is 5.75 Å². The second-order valence-electron chi connectivity index (χ2n) is 6.93. The van der Waals surface area contributed by atoms with Gasteiger partial charge in [-0.05, 0) is 47.2 Å². The first-order valence-electron chi connectivity index (χ1n) is 9.48. The van der Waals surface area contributed by atoms with Crippen LogP contribution in [0.25, 0.3) is 16.3 Å². The van der Waals surface area contributed by atoms with E-state index in [1.807, 2.05) is 41.3 Å². The first-order chi connectivity index (χ1) is 14.2. The highest BCUT2D eigenvalue weighted by Crippen LogP contribution is 2.28. The van der Waals surface area contributed by atoms with Crippen LogP contribution in [0.2, 0.25) is 0 Å². The Balaban J connectivity index is 1.42. The summed E-state index contributed by atoms with van der Waals surface area (Å²) in [5, 5.41) is 1.66. The molecule has 0 saturated carbocycles. The van der Waals surface area contributed by atoms with Crippen molar-refractivity contribution in [3.8, 4) is 5.75 Å². The largest absolute Gasteiger partial charge is 0.483 e. The molecule has 146 valence electrons. The second-order valence-corrected chi connectivity index (χ2v) is 7.85. The van der Waals surface area contributed by atoms with Gasteiger partial charge in [0.05, 0.1) is 0 Å². The number of aldehydes is 1. The van der Waals surface area contributed by atoms with Crippen LogP contribution in [0.3, 0.4) is 0 Å². The molecule has 0 aromatic heterocycles. The van der Waals surface area contributed by atoms with E-state index in [4.69, 9.17) is 4.74 Å². The fraction of sp³-hybridized carbons (Fsp3) is 0.167. The molecule has 29 heavy (non-hydrogen) atoms. The molecule has 0 atom stereocenters. The number of benzene rings is 3. The minimum Gasteiger partial charge on any atom is -0.483 e. The summed E-state index contributed by atoms with van der Waals surface area (Å²) in [4.78, 5) is 25.7. The van der Waals surface area contributed by atoms with E-state index in [2.05, 4.69) is 34.1 Å². The molecule has 0 bridgehead atoms. The van der Waals surface area contributed by atoms with E-state index in [1.165, 1.54) is 11.1 Å². The van der Waals surface area contributed by atoms with Crippen LogP contribution in [-0.2, 0) is 4.79 Å². The standard InChI is InChI=1S/C24H20BrNO3/c25-20-8-5-17(6-9-20)18-11-13-26(14-12-18)24(28)16-29-23-10-7-19(15-27)21-3-1-2-4-22(21)23/h1-11,15H,12-14,16H2. The van der Waals surface area contributed by atoms with Gasteiger partial charge < -0.3 is 9.64 Å². The summed E-state index contributed by atoms with van der Waals surface area (Å²) in [7, 11) is 0. The van der Waals surface area contributed by atoms with Crippen LogP contribution in [0.1, 0.15) is 22.3 Å². The molecule has 1 heterocycles. The minimum atomic E-state index is -0.0420. The third-order valence-electron chi connectivity index (χ3n) is 5.17. The maximum absolute atomic E-state index is 12.6. The molecule has 0 aliphatic carbocycles. The van der Waals surface area contributed by atoms with Gasteiger partial charge in [-0.1, -0.05) is 58.4 Å². The number of hydrogen-bond donors (Lipinski definition) is 0. The zero-order valence-corrected chi connectivity index (χ0v) is 17.4. The molecule has 3 aromatic rings. The Morgan fingerprint density at radius 2 is 1.79 bits per heavy atom. The first kappa shape index (κ1) is 19.4. The lowest BCUT2D eigenvalue weighted by Crippen LogP contribution is -2.37. The molecule has 0 spiro atoms. The van der Waals surface area contributed by atoms with Gasteiger partial charge in [0, 0.05) is 28.5 Å². The molecule has 0 saturated heterocycles. The monoisotopic (exact) mass is 449 g/mol. The van der Waals surface area contributed by atoms with Crippen molar-refractivity contribution in [1.82, 2.24) is 4.90 Å². The number of nitrogens with zero attached hydrogens (tertiary/aromatic N) is 1. The average Bonchev–Trinajstić information content (AvgIpc) is 2.78. The molecule has 4 rings (SSSR count). The molecule has 1 aliphatic rings. The molecule has 0 unspecified atom stereocenters. The Bertz CT molecular complexity index is 1090. The lowest BCUT2D eigenvalue weighted by molar-refractivity contribution is -0.132. The molecule has 5 heteroatoms. The van der Waals surface area contributed by atoms with Crippen molar-refractivity contribution in [2.75, 3.05) is 19.7 Å². The van der Waals surface area contributed by atoms with E-state index in [1.54, 1.807) is 12.1 Å². The zero-order chi connectivity index (χ0) is 20.2. The molecule has 4 nitrogen and oxygen atoms in total. The van der Waals surface area contributed by atoms with Gasteiger partial charge in [0.15, 0.2) is 12.9 Å². The summed E-state index contributed by atoms with van der Waals surface area (Å²) in [6.45, 7) is 1.24. The lowest BCUT2D eigenvalue weighted by atomic mass is 9.99. The number of ether oxygens (including phenoxy) is 1. The summed E-state index contributed by atoms with van der Waals surface area (Å²) in [6, 6.07) is 19.3.